The summed E-state index contributed by atoms with van der Waals surface area (Å²) >= 11 is 0. The number of phenolic OH excluding ortho intramolecular Hbond substituents is 1. The Labute approximate surface area is 189 Å². The first-order valence-corrected chi connectivity index (χ1v) is 12.4. The second kappa shape index (κ2) is 18.7. The van der Waals surface area contributed by atoms with Crippen LogP contribution in [-0.2, 0) is 4.79 Å². The molecule has 0 atom stereocenters. The fourth-order valence-electron chi connectivity index (χ4n) is 3.67. The minimum atomic E-state index is -0.0586. The summed E-state index contributed by atoms with van der Waals surface area (Å²) in [6.45, 7) is 2.27. The second-order valence-electron chi connectivity index (χ2n) is 8.42. The SMILES string of the molecule is CCCCCCCCCCCCCCCCCC(=O)NN=Cc1ccc(O)c(OC)c1. The molecule has 1 rings (SSSR count). The van der Waals surface area contributed by atoms with Gasteiger partial charge in [-0.15, -0.1) is 0 Å². The molecule has 0 saturated carbocycles. The van der Waals surface area contributed by atoms with E-state index < -0.39 is 0 Å². The number of aromatic hydroxyl groups is 1. The van der Waals surface area contributed by atoms with Gasteiger partial charge in [0.15, 0.2) is 11.5 Å². The maximum Gasteiger partial charge on any atom is 0.240 e. The predicted molar refractivity (Wildman–Crippen MR) is 130 cm³/mol. The number of nitrogens with zero attached hydrogens (tertiary/aromatic N) is 1. The average Bonchev–Trinajstić information content (AvgIpc) is 2.77. The molecule has 0 aliphatic rings. The maximum atomic E-state index is 11.9. The van der Waals surface area contributed by atoms with Crippen LogP contribution in [0.3, 0.4) is 0 Å². The Morgan fingerprint density at radius 3 is 1.94 bits per heavy atom. The minimum Gasteiger partial charge on any atom is -0.504 e. The van der Waals surface area contributed by atoms with Crippen LogP contribution in [0.2, 0.25) is 0 Å². The maximum absolute atomic E-state index is 11.9. The van der Waals surface area contributed by atoms with Gasteiger partial charge in [-0.05, 0) is 30.2 Å². The van der Waals surface area contributed by atoms with E-state index in [9.17, 15) is 9.90 Å². The van der Waals surface area contributed by atoms with Crippen LogP contribution in [0.1, 0.15) is 115 Å². The van der Waals surface area contributed by atoms with Crippen molar-refractivity contribution in [2.24, 2.45) is 5.10 Å². The van der Waals surface area contributed by atoms with Crippen molar-refractivity contribution < 1.29 is 14.6 Å². The van der Waals surface area contributed by atoms with Gasteiger partial charge < -0.3 is 9.84 Å². The van der Waals surface area contributed by atoms with Gasteiger partial charge in [0, 0.05) is 6.42 Å². The van der Waals surface area contributed by atoms with Crippen LogP contribution in [0, 0.1) is 0 Å². The lowest BCUT2D eigenvalue weighted by molar-refractivity contribution is -0.121. The molecule has 2 N–H and O–H groups in total. The van der Waals surface area contributed by atoms with Gasteiger partial charge in [0.2, 0.25) is 5.91 Å². The summed E-state index contributed by atoms with van der Waals surface area (Å²) in [6.07, 6.45) is 21.8. The van der Waals surface area contributed by atoms with Gasteiger partial charge in [-0.2, -0.15) is 5.10 Å². The molecule has 0 spiro atoms. The Morgan fingerprint density at radius 1 is 0.903 bits per heavy atom. The Kier molecular flexibility index (Phi) is 16.3. The van der Waals surface area contributed by atoms with Crippen molar-refractivity contribution in [2.75, 3.05) is 7.11 Å². The van der Waals surface area contributed by atoms with Crippen LogP contribution in [0.4, 0.5) is 0 Å². The van der Waals surface area contributed by atoms with Crippen LogP contribution >= 0.6 is 0 Å². The summed E-state index contributed by atoms with van der Waals surface area (Å²) in [4.78, 5) is 11.9. The molecule has 0 radical (unpaired) electrons. The highest BCUT2D eigenvalue weighted by Crippen LogP contribution is 2.25. The molecule has 0 aliphatic carbocycles. The average molecular weight is 433 g/mol. The molecule has 0 bridgehead atoms. The number of carbonyl (C=O) groups is 1. The van der Waals surface area contributed by atoms with Crippen molar-refractivity contribution in [2.45, 2.75) is 110 Å². The molecule has 0 fully saturated rings. The van der Waals surface area contributed by atoms with Crippen molar-refractivity contribution in [1.82, 2.24) is 5.43 Å². The number of nitrogens with one attached hydrogen (secondary N) is 1. The summed E-state index contributed by atoms with van der Waals surface area (Å²) in [7, 11) is 1.50. The number of hydrazone groups is 1. The van der Waals surface area contributed by atoms with E-state index in [0.717, 1.165) is 18.4 Å². The number of ether oxygens (including phenoxy) is 1. The van der Waals surface area contributed by atoms with E-state index in [0.29, 0.717) is 12.2 Å². The Bertz CT molecular complexity index is 617. The molecule has 5 nitrogen and oxygen atoms in total. The van der Waals surface area contributed by atoms with E-state index in [1.807, 2.05) is 0 Å². The lowest BCUT2D eigenvalue weighted by atomic mass is 10.0. The quantitative estimate of drug-likeness (QED) is 0.139. The van der Waals surface area contributed by atoms with Crippen molar-refractivity contribution in [1.29, 1.82) is 0 Å². The first-order valence-electron chi connectivity index (χ1n) is 12.4. The third-order valence-corrected chi connectivity index (χ3v) is 5.61. The van der Waals surface area contributed by atoms with Gasteiger partial charge in [0.25, 0.3) is 0 Å². The molecule has 1 amide bonds. The fraction of sp³-hybridized carbons (Fsp3) is 0.692. The molecule has 176 valence electrons. The highest BCUT2D eigenvalue weighted by molar-refractivity contribution is 5.83. The molecule has 0 heterocycles. The topological polar surface area (TPSA) is 70.9 Å². The number of benzene rings is 1. The van der Waals surface area contributed by atoms with Crippen LogP contribution in [-0.4, -0.2) is 24.3 Å². The van der Waals surface area contributed by atoms with Crippen molar-refractivity contribution >= 4 is 12.1 Å². The zero-order valence-corrected chi connectivity index (χ0v) is 19.8. The van der Waals surface area contributed by atoms with Gasteiger partial charge in [0.1, 0.15) is 0 Å². The molecular weight excluding hydrogens is 388 g/mol. The number of amides is 1. The van der Waals surface area contributed by atoms with Crippen molar-refractivity contribution in [3.8, 4) is 11.5 Å². The fourth-order valence-corrected chi connectivity index (χ4v) is 3.67. The molecule has 31 heavy (non-hydrogen) atoms. The zero-order chi connectivity index (χ0) is 22.6. The van der Waals surface area contributed by atoms with Gasteiger partial charge in [0.05, 0.1) is 13.3 Å². The highest BCUT2D eigenvalue weighted by Gasteiger charge is 2.02. The Balaban J connectivity index is 1.91. The lowest BCUT2D eigenvalue weighted by Crippen LogP contribution is -2.16. The number of hydrogen-bond donors (Lipinski definition) is 2. The molecule has 0 unspecified atom stereocenters. The third-order valence-electron chi connectivity index (χ3n) is 5.61. The van der Waals surface area contributed by atoms with Gasteiger partial charge >= 0.3 is 0 Å². The molecule has 0 aromatic heterocycles. The lowest BCUT2D eigenvalue weighted by Gasteiger charge is -2.04. The molecule has 0 saturated heterocycles. The van der Waals surface area contributed by atoms with Crippen LogP contribution in [0.5, 0.6) is 11.5 Å². The van der Waals surface area contributed by atoms with E-state index >= 15 is 0 Å². The van der Waals surface area contributed by atoms with Gasteiger partial charge in [-0.1, -0.05) is 96.8 Å². The molecular formula is C26H44N2O3. The molecule has 1 aromatic carbocycles. The van der Waals surface area contributed by atoms with Crippen LogP contribution < -0.4 is 10.2 Å². The Morgan fingerprint density at radius 2 is 1.42 bits per heavy atom. The molecule has 1 aromatic rings. The Hall–Kier alpha value is -2.04. The van der Waals surface area contributed by atoms with E-state index in [4.69, 9.17) is 4.74 Å². The van der Waals surface area contributed by atoms with Crippen molar-refractivity contribution in [3.05, 3.63) is 23.8 Å². The standard InChI is InChI=1S/C26H44N2O3/c1-3-4-5-6-7-8-9-10-11-12-13-14-15-16-17-18-26(30)28-27-22-23-19-20-24(29)25(21-23)31-2/h19-22,29H,3-18H2,1-2H3,(H,28,30). The summed E-state index contributed by atoms with van der Waals surface area (Å²) in [5.74, 6) is 0.404. The van der Waals surface area contributed by atoms with Gasteiger partial charge in [-0.25, -0.2) is 5.43 Å². The summed E-state index contributed by atoms with van der Waals surface area (Å²) < 4.78 is 5.05. The zero-order valence-electron chi connectivity index (χ0n) is 19.8. The van der Waals surface area contributed by atoms with Gasteiger partial charge in [-0.3, -0.25) is 4.79 Å². The first-order chi connectivity index (χ1) is 15.2. The number of carbonyl (C=O) groups excluding carboxylic acids is 1. The number of phenols is 1. The minimum absolute atomic E-state index is 0.0586. The highest BCUT2D eigenvalue weighted by atomic mass is 16.5. The number of hydrogen-bond acceptors (Lipinski definition) is 4. The normalized spacial score (nSPS) is 11.2. The van der Waals surface area contributed by atoms with E-state index in [1.54, 1.807) is 18.3 Å². The van der Waals surface area contributed by atoms with E-state index in [1.165, 1.54) is 96.6 Å². The van der Waals surface area contributed by atoms with Crippen LogP contribution in [0.15, 0.2) is 23.3 Å². The second-order valence-corrected chi connectivity index (χ2v) is 8.42. The smallest absolute Gasteiger partial charge is 0.240 e. The van der Waals surface area contributed by atoms with Crippen molar-refractivity contribution in [3.63, 3.8) is 0 Å². The summed E-state index contributed by atoms with van der Waals surface area (Å²) in [5, 5.41) is 13.5. The van der Waals surface area contributed by atoms with E-state index in [2.05, 4.69) is 17.5 Å². The largest absolute Gasteiger partial charge is 0.504 e. The summed E-state index contributed by atoms with van der Waals surface area (Å²) in [6, 6.07) is 4.92. The summed E-state index contributed by atoms with van der Waals surface area (Å²) in [5.41, 5.74) is 3.31. The monoisotopic (exact) mass is 432 g/mol. The van der Waals surface area contributed by atoms with Crippen LogP contribution in [0.25, 0.3) is 0 Å². The number of methoxy groups -OCH3 is 1. The first kappa shape index (κ1) is 27.0. The third kappa shape index (κ3) is 14.6. The molecule has 0 aliphatic heterocycles. The van der Waals surface area contributed by atoms with E-state index in [-0.39, 0.29) is 11.7 Å². The molecule has 5 heteroatoms. The predicted octanol–water partition coefficient (Wildman–Crippen LogP) is 7.11. The number of rotatable bonds is 19. The number of unbranched alkanes of at least 4 members (excludes halogenated alkanes) is 14.